The fourth-order valence-corrected chi connectivity index (χ4v) is 13.4. The molecule has 0 aromatic heterocycles. The van der Waals surface area contributed by atoms with Crippen molar-refractivity contribution in [2.24, 2.45) is 10.8 Å². The summed E-state index contributed by atoms with van der Waals surface area (Å²) < 4.78 is 6.53. The van der Waals surface area contributed by atoms with E-state index >= 15 is 0 Å². The van der Waals surface area contributed by atoms with Gasteiger partial charge in [0.05, 0.1) is 0 Å². The molecule has 3 aliphatic rings. The molecule has 0 aliphatic heterocycles. The molecule has 0 saturated carbocycles. The van der Waals surface area contributed by atoms with Crippen LogP contribution in [0.15, 0.2) is 71.8 Å². The van der Waals surface area contributed by atoms with Gasteiger partial charge in [-0.2, -0.15) is 0 Å². The number of allylic oxidation sites excluding steroid dienone is 4. The van der Waals surface area contributed by atoms with Crippen LogP contribution in [0, 0.1) is 17.8 Å². The van der Waals surface area contributed by atoms with Gasteiger partial charge in [-0.25, -0.2) is 0 Å². The molecule has 2 aromatic carbocycles. The maximum atomic E-state index is 6.53. The van der Waals surface area contributed by atoms with Gasteiger partial charge in [-0.05, 0) is 79.6 Å². The minimum atomic E-state index is -2.19. The first-order valence-electron chi connectivity index (χ1n) is 15.9. The summed E-state index contributed by atoms with van der Waals surface area (Å²) in [5.41, 5.74) is 9.94. The topological polar surface area (TPSA) is 9.23 Å². The number of para-hydroxylation sites is 1. The van der Waals surface area contributed by atoms with Crippen LogP contribution in [0.3, 0.4) is 0 Å². The van der Waals surface area contributed by atoms with Gasteiger partial charge in [0.1, 0.15) is 20.4 Å². The molecule has 0 radical (unpaired) electrons. The van der Waals surface area contributed by atoms with Gasteiger partial charge in [-0.1, -0.05) is 136 Å². The summed E-state index contributed by atoms with van der Waals surface area (Å²) in [6, 6.07) is 16.7. The Morgan fingerprint density at radius 2 is 1.73 bits per heavy atom. The van der Waals surface area contributed by atoms with Gasteiger partial charge in [0.2, 0.25) is 0 Å². The summed E-state index contributed by atoms with van der Waals surface area (Å²) in [5, 5.41) is 4.39. The Kier molecular flexibility index (Phi) is 7.51. The van der Waals surface area contributed by atoms with Crippen LogP contribution in [0.1, 0.15) is 86.3 Å². The van der Waals surface area contributed by atoms with Crippen molar-refractivity contribution in [1.29, 1.82) is 0 Å². The van der Waals surface area contributed by atoms with Crippen molar-refractivity contribution in [2.75, 3.05) is 6.61 Å². The van der Waals surface area contributed by atoms with E-state index in [1.165, 1.54) is 51.7 Å². The first kappa shape index (κ1) is 29.9. The van der Waals surface area contributed by atoms with Crippen LogP contribution in [-0.2, 0) is 5.41 Å². The van der Waals surface area contributed by atoms with Crippen LogP contribution in [0.4, 0.5) is 0 Å². The van der Waals surface area contributed by atoms with Crippen LogP contribution in [0.2, 0.25) is 17.6 Å². The summed E-state index contributed by atoms with van der Waals surface area (Å²) in [4.78, 5) is 0. The molecule has 0 saturated heterocycles. The second kappa shape index (κ2) is 10.3. The van der Waals surface area contributed by atoms with Crippen LogP contribution >= 0.6 is 0 Å². The molecular formula is C39H52OSi. The quantitative estimate of drug-likeness (QED) is 0.242. The molecule has 2 heteroatoms. The summed E-state index contributed by atoms with van der Waals surface area (Å²) in [6.07, 6.45) is 9.55. The average Bonchev–Trinajstić information content (AvgIpc) is 3.23. The lowest BCUT2D eigenvalue weighted by atomic mass is 9.72. The molecule has 0 amide bonds. The number of ether oxygens (including phenoxy) is 1. The second-order valence-electron chi connectivity index (χ2n) is 15.1. The molecule has 3 aliphatic carbocycles. The summed E-state index contributed by atoms with van der Waals surface area (Å²) in [7, 11) is -2.19. The van der Waals surface area contributed by atoms with Gasteiger partial charge < -0.3 is 4.74 Å². The molecule has 1 atom stereocenters. The van der Waals surface area contributed by atoms with Crippen molar-refractivity contribution in [1.82, 2.24) is 0 Å². The molecular weight excluding hydrogens is 513 g/mol. The van der Waals surface area contributed by atoms with E-state index in [4.69, 9.17) is 4.74 Å². The largest absolute Gasteiger partial charge is 0.489 e. The van der Waals surface area contributed by atoms with Crippen LogP contribution < -0.4 is 20.4 Å². The van der Waals surface area contributed by atoms with Crippen molar-refractivity contribution in [3.8, 4) is 5.75 Å². The molecule has 1 unspecified atom stereocenters. The Morgan fingerprint density at radius 3 is 2.37 bits per heavy atom. The molecule has 0 heterocycles. The van der Waals surface area contributed by atoms with Crippen LogP contribution in [0.25, 0.3) is 11.6 Å². The predicted octanol–water partition coefficient (Wildman–Crippen LogP) is 8.65. The van der Waals surface area contributed by atoms with Crippen molar-refractivity contribution in [2.45, 2.75) is 105 Å². The lowest BCUT2D eigenvalue weighted by Gasteiger charge is -2.42. The fourth-order valence-electron chi connectivity index (χ4n) is 8.19. The van der Waals surface area contributed by atoms with Gasteiger partial charge in [-0.3, -0.25) is 0 Å². The summed E-state index contributed by atoms with van der Waals surface area (Å²) in [6.45, 7) is 28.5. The third kappa shape index (κ3) is 4.85. The summed E-state index contributed by atoms with van der Waals surface area (Å²) in [5.74, 6) is 1.11. The highest BCUT2D eigenvalue weighted by Crippen LogP contribution is 2.62. The Balaban J connectivity index is 1.92. The number of hydrogen-bond acceptors (Lipinski definition) is 1. The van der Waals surface area contributed by atoms with Gasteiger partial charge in [0, 0.05) is 11.0 Å². The monoisotopic (exact) mass is 564 g/mol. The third-order valence-electron chi connectivity index (χ3n) is 10.4. The van der Waals surface area contributed by atoms with E-state index in [1.54, 1.807) is 22.3 Å². The fraction of sp³-hybridized carbons (Fsp3) is 0.487. The number of fused-ring (bicyclic) bond motifs is 3. The zero-order chi connectivity index (χ0) is 30.0. The second-order valence-corrected chi connectivity index (χ2v) is 20.0. The van der Waals surface area contributed by atoms with Crippen LogP contribution in [0.5, 0.6) is 5.75 Å². The van der Waals surface area contributed by atoms with Gasteiger partial charge in [0.15, 0.2) is 0 Å². The lowest BCUT2D eigenvalue weighted by molar-refractivity contribution is 0.363. The smallest absolute Gasteiger partial charge is 0.121 e. The first-order valence-corrected chi connectivity index (χ1v) is 18.4. The van der Waals surface area contributed by atoms with E-state index in [1.807, 2.05) is 6.08 Å². The molecule has 41 heavy (non-hydrogen) atoms. The third-order valence-corrected chi connectivity index (χ3v) is 16.1. The number of aryl methyl sites for hydroxylation is 1. The van der Waals surface area contributed by atoms with Gasteiger partial charge >= 0.3 is 0 Å². The molecule has 0 N–H and O–H groups in total. The van der Waals surface area contributed by atoms with E-state index < -0.39 is 8.07 Å². The SMILES string of the molecule is C=CCOc1c(C)cccc1[Si](CC)(CC)C1C2=CC(C)(C)CCC2=C2C1=c1ccc(C(C)(C)C)cc1=CC2(C)C. The number of benzene rings is 2. The lowest BCUT2D eigenvalue weighted by Crippen LogP contribution is -2.53. The van der Waals surface area contributed by atoms with E-state index in [0.717, 1.165) is 5.75 Å². The van der Waals surface area contributed by atoms with Gasteiger partial charge in [0.25, 0.3) is 0 Å². The average molecular weight is 565 g/mol. The Bertz CT molecular complexity index is 1570. The van der Waals surface area contributed by atoms with E-state index in [9.17, 15) is 0 Å². The molecule has 218 valence electrons. The maximum Gasteiger partial charge on any atom is 0.121 e. The Labute approximate surface area is 250 Å². The van der Waals surface area contributed by atoms with E-state index in [0.29, 0.717) is 12.1 Å². The molecule has 2 aromatic rings. The molecule has 0 fully saturated rings. The Hall–Kier alpha value is -2.58. The first-order chi connectivity index (χ1) is 19.2. The normalized spacial score (nSPS) is 21.0. The Morgan fingerprint density at radius 1 is 1.02 bits per heavy atom. The van der Waals surface area contributed by atoms with E-state index in [-0.39, 0.29) is 16.2 Å². The highest BCUT2D eigenvalue weighted by atomic mass is 28.3. The van der Waals surface area contributed by atoms with Crippen molar-refractivity contribution in [3.05, 3.63) is 93.4 Å². The number of rotatable bonds is 7. The van der Waals surface area contributed by atoms with E-state index in [2.05, 4.69) is 124 Å². The zero-order valence-electron chi connectivity index (χ0n) is 27.4. The van der Waals surface area contributed by atoms with Crippen molar-refractivity contribution >= 4 is 24.9 Å². The van der Waals surface area contributed by atoms with Gasteiger partial charge in [-0.15, -0.1) is 0 Å². The standard InChI is InChI=1S/C39H52OSi/c1-12-22-40-35-26(4)16-15-17-32(35)41(13-2,14-3)36-31-25-38(8,9)21-20-30(31)34-33(36)29-19-18-28(37(5,6)7)23-27(29)24-39(34,10)11/h12,15-19,23-25,36H,1,13-14,20-22H2,2-11H3. The molecule has 0 spiro atoms. The minimum absolute atomic E-state index is 0.0140. The molecule has 5 rings (SSSR count). The highest BCUT2D eigenvalue weighted by molar-refractivity contribution is 6.95. The maximum absolute atomic E-state index is 6.53. The van der Waals surface area contributed by atoms with Crippen LogP contribution in [-0.4, -0.2) is 14.7 Å². The predicted molar refractivity (Wildman–Crippen MR) is 181 cm³/mol. The van der Waals surface area contributed by atoms with Crippen molar-refractivity contribution in [3.63, 3.8) is 0 Å². The minimum Gasteiger partial charge on any atom is -0.489 e. The highest BCUT2D eigenvalue weighted by Gasteiger charge is 2.53. The summed E-state index contributed by atoms with van der Waals surface area (Å²) >= 11 is 0. The molecule has 0 bridgehead atoms. The zero-order valence-corrected chi connectivity index (χ0v) is 28.4. The number of hydrogen-bond donors (Lipinski definition) is 0. The van der Waals surface area contributed by atoms with Crippen molar-refractivity contribution < 1.29 is 4.74 Å². The molecule has 1 nitrogen and oxygen atoms in total.